The molecule has 0 bridgehead atoms. The number of rotatable bonds is 5. The van der Waals surface area contributed by atoms with E-state index < -0.39 is 5.97 Å². The van der Waals surface area contributed by atoms with E-state index in [0.29, 0.717) is 17.8 Å². The van der Waals surface area contributed by atoms with Crippen LogP contribution in [0.4, 0.5) is 5.00 Å². The molecule has 0 spiro atoms. The van der Waals surface area contributed by atoms with Crippen LogP contribution in [0.5, 0.6) is 0 Å². The molecule has 1 fully saturated rings. The van der Waals surface area contributed by atoms with Gasteiger partial charge in [-0.3, -0.25) is 4.79 Å². The number of ether oxygens (including phenoxy) is 1. The Morgan fingerprint density at radius 1 is 1.56 bits per heavy atom. The molecule has 1 amide bonds. The van der Waals surface area contributed by atoms with Crippen LogP contribution in [0.25, 0.3) is 0 Å². The van der Waals surface area contributed by atoms with Gasteiger partial charge in [-0.05, 0) is 30.7 Å². The first-order valence-electron chi connectivity index (χ1n) is 5.89. The molecule has 98 valence electrons. The number of hydrogen-bond donors (Lipinski definition) is 2. The summed E-state index contributed by atoms with van der Waals surface area (Å²) in [5.74, 6) is -1.18. The van der Waals surface area contributed by atoms with Gasteiger partial charge in [0.25, 0.3) is 0 Å². The minimum atomic E-state index is -1.02. The van der Waals surface area contributed by atoms with E-state index in [-0.39, 0.29) is 17.6 Å². The van der Waals surface area contributed by atoms with E-state index in [2.05, 4.69) is 5.32 Å². The normalized spacial score (nSPS) is 18.8. The van der Waals surface area contributed by atoms with Gasteiger partial charge in [0.1, 0.15) is 5.00 Å². The molecule has 0 aliphatic carbocycles. The zero-order valence-corrected chi connectivity index (χ0v) is 10.7. The summed E-state index contributed by atoms with van der Waals surface area (Å²) in [6.45, 7) is 0.778. The molecule has 1 aromatic heterocycles. The third-order valence-electron chi connectivity index (χ3n) is 2.87. The lowest BCUT2D eigenvalue weighted by Crippen LogP contribution is -2.15. The summed E-state index contributed by atoms with van der Waals surface area (Å²) in [6, 6.07) is 1.49. The molecule has 1 unspecified atom stereocenters. The average Bonchev–Trinajstić information content (AvgIpc) is 2.96. The summed E-state index contributed by atoms with van der Waals surface area (Å²) in [5, 5.41) is 13.6. The Balaban J connectivity index is 1.82. The van der Waals surface area contributed by atoms with Gasteiger partial charge in [-0.15, -0.1) is 11.3 Å². The highest BCUT2D eigenvalue weighted by Gasteiger charge is 2.18. The summed E-state index contributed by atoms with van der Waals surface area (Å²) in [7, 11) is 0. The van der Waals surface area contributed by atoms with Crippen LogP contribution in [-0.4, -0.2) is 29.7 Å². The molecular weight excluding hydrogens is 254 g/mol. The molecule has 0 saturated carbocycles. The van der Waals surface area contributed by atoms with Gasteiger partial charge in [-0.2, -0.15) is 0 Å². The zero-order valence-electron chi connectivity index (χ0n) is 9.85. The van der Waals surface area contributed by atoms with Crippen LogP contribution in [0.1, 0.15) is 36.0 Å². The maximum Gasteiger partial charge on any atom is 0.338 e. The molecule has 0 radical (unpaired) electrons. The van der Waals surface area contributed by atoms with E-state index in [1.54, 1.807) is 5.38 Å². The van der Waals surface area contributed by atoms with Crippen molar-refractivity contribution in [1.29, 1.82) is 0 Å². The van der Waals surface area contributed by atoms with Crippen LogP contribution in [0, 0.1) is 0 Å². The SMILES string of the molecule is O=C(CCC1CCCO1)Nc1sccc1C(=O)O. The van der Waals surface area contributed by atoms with Gasteiger partial charge in [-0.25, -0.2) is 4.79 Å². The number of amides is 1. The fourth-order valence-corrected chi connectivity index (χ4v) is 2.72. The molecule has 18 heavy (non-hydrogen) atoms. The third kappa shape index (κ3) is 3.30. The Morgan fingerprint density at radius 2 is 2.39 bits per heavy atom. The predicted octanol–water partition coefficient (Wildman–Crippen LogP) is 2.34. The van der Waals surface area contributed by atoms with Crippen LogP contribution in [0.2, 0.25) is 0 Å². The summed E-state index contributed by atoms with van der Waals surface area (Å²) in [6.07, 6.45) is 3.30. The molecule has 1 aliphatic rings. The van der Waals surface area contributed by atoms with E-state index in [0.717, 1.165) is 19.4 Å². The zero-order chi connectivity index (χ0) is 13.0. The number of carbonyl (C=O) groups excluding carboxylic acids is 1. The van der Waals surface area contributed by atoms with Gasteiger partial charge < -0.3 is 15.2 Å². The highest BCUT2D eigenvalue weighted by Crippen LogP contribution is 2.24. The fraction of sp³-hybridized carbons (Fsp3) is 0.500. The molecule has 0 aromatic carbocycles. The minimum absolute atomic E-state index is 0.144. The maximum absolute atomic E-state index is 11.7. The summed E-state index contributed by atoms with van der Waals surface area (Å²) in [4.78, 5) is 22.6. The van der Waals surface area contributed by atoms with Crippen molar-refractivity contribution in [2.45, 2.75) is 31.8 Å². The Hall–Kier alpha value is -1.40. The summed E-state index contributed by atoms with van der Waals surface area (Å²) in [5.41, 5.74) is 0.144. The molecule has 2 heterocycles. The quantitative estimate of drug-likeness (QED) is 0.860. The van der Waals surface area contributed by atoms with E-state index >= 15 is 0 Å². The third-order valence-corrected chi connectivity index (χ3v) is 3.70. The van der Waals surface area contributed by atoms with Crippen molar-refractivity contribution in [2.75, 3.05) is 11.9 Å². The maximum atomic E-state index is 11.7. The Kier molecular flexibility index (Phi) is 4.33. The second-order valence-electron chi connectivity index (χ2n) is 4.19. The number of anilines is 1. The van der Waals surface area contributed by atoms with Crippen molar-refractivity contribution in [3.05, 3.63) is 17.0 Å². The number of carbonyl (C=O) groups is 2. The number of aromatic carboxylic acids is 1. The highest BCUT2D eigenvalue weighted by atomic mass is 32.1. The topological polar surface area (TPSA) is 75.6 Å². The number of thiophene rings is 1. The largest absolute Gasteiger partial charge is 0.478 e. The Labute approximate surface area is 109 Å². The van der Waals surface area contributed by atoms with Crippen molar-refractivity contribution in [3.63, 3.8) is 0 Å². The van der Waals surface area contributed by atoms with Crippen LogP contribution in [-0.2, 0) is 9.53 Å². The van der Waals surface area contributed by atoms with Crippen LogP contribution in [0.3, 0.4) is 0 Å². The lowest BCUT2D eigenvalue weighted by atomic mass is 10.1. The Bertz CT molecular complexity index is 437. The first kappa shape index (κ1) is 13.0. The Morgan fingerprint density at radius 3 is 3.06 bits per heavy atom. The molecule has 1 aromatic rings. The lowest BCUT2D eigenvalue weighted by molar-refractivity contribution is -0.116. The van der Waals surface area contributed by atoms with Crippen LogP contribution in [0.15, 0.2) is 11.4 Å². The van der Waals surface area contributed by atoms with Crippen molar-refractivity contribution < 1.29 is 19.4 Å². The smallest absolute Gasteiger partial charge is 0.338 e. The second-order valence-corrected chi connectivity index (χ2v) is 5.11. The molecule has 2 rings (SSSR count). The van der Waals surface area contributed by atoms with Gasteiger partial charge in [-0.1, -0.05) is 0 Å². The standard InChI is InChI=1S/C12H15NO4S/c14-10(4-3-8-2-1-6-17-8)13-11-9(12(15)16)5-7-18-11/h5,7-8H,1-4,6H2,(H,13,14)(H,15,16). The first-order chi connectivity index (χ1) is 8.66. The van der Waals surface area contributed by atoms with Gasteiger partial charge in [0.15, 0.2) is 0 Å². The molecule has 2 N–H and O–H groups in total. The lowest BCUT2D eigenvalue weighted by Gasteiger charge is -2.08. The van der Waals surface area contributed by atoms with Gasteiger partial charge >= 0.3 is 5.97 Å². The molecule has 5 nitrogen and oxygen atoms in total. The van der Waals surface area contributed by atoms with Crippen molar-refractivity contribution in [3.8, 4) is 0 Å². The van der Waals surface area contributed by atoms with Gasteiger partial charge in [0.2, 0.25) is 5.91 Å². The van der Waals surface area contributed by atoms with Crippen molar-refractivity contribution >= 4 is 28.2 Å². The molecule has 1 saturated heterocycles. The van der Waals surface area contributed by atoms with Gasteiger partial charge in [0.05, 0.1) is 11.7 Å². The molecule has 1 atom stereocenters. The number of carboxylic acids is 1. The summed E-state index contributed by atoms with van der Waals surface area (Å²) < 4.78 is 5.43. The predicted molar refractivity (Wildman–Crippen MR) is 68.1 cm³/mol. The van der Waals surface area contributed by atoms with Gasteiger partial charge in [0, 0.05) is 13.0 Å². The van der Waals surface area contributed by atoms with Crippen molar-refractivity contribution in [2.24, 2.45) is 0 Å². The second kappa shape index (κ2) is 5.97. The van der Waals surface area contributed by atoms with E-state index in [4.69, 9.17) is 9.84 Å². The molecule has 1 aliphatic heterocycles. The first-order valence-corrected chi connectivity index (χ1v) is 6.77. The fourth-order valence-electron chi connectivity index (χ4n) is 1.93. The van der Waals surface area contributed by atoms with E-state index in [9.17, 15) is 9.59 Å². The number of carboxylic acid groups (broad SMARTS) is 1. The number of hydrogen-bond acceptors (Lipinski definition) is 4. The minimum Gasteiger partial charge on any atom is -0.478 e. The average molecular weight is 269 g/mol. The van der Waals surface area contributed by atoms with Crippen molar-refractivity contribution in [1.82, 2.24) is 0 Å². The van der Waals surface area contributed by atoms with E-state index in [1.807, 2.05) is 0 Å². The van der Waals surface area contributed by atoms with E-state index in [1.165, 1.54) is 17.4 Å². The van der Waals surface area contributed by atoms with Crippen LogP contribution >= 0.6 is 11.3 Å². The number of nitrogens with one attached hydrogen (secondary N) is 1. The molecule has 6 heteroatoms. The highest BCUT2D eigenvalue weighted by molar-refractivity contribution is 7.14. The van der Waals surface area contributed by atoms with Crippen LogP contribution < -0.4 is 5.32 Å². The monoisotopic (exact) mass is 269 g/mol. The molecular formula is C12H15NO4S. The summed E-state index contributed by atoms with van der Waals surface area (Å²) >= 11 is 1.22.